The van der Waals surface area contributed by atoms with E-state index in [9.17, 15) is 8.78 Å². The van der Waals surface area contributed by atoms with E-state index in [2.05, 4.69) is 15.9 Å². The van der Waals surface area contributed by atoms with E-state index < -0.39 is 17.7 Å². The first-order valence-electron chi connectivity index (χ1n) is 4.95. The number of rotatable bonds is 2. The van der Waals surface area contributed by atoms with Gasteiger partial charge in [0.15, 0.2) is 11.6 Å². The summed E-state index contributed by atoms with van der Waals surface area (Å²) < 4.78 is 26.9. The van der Waals surface area contributed by atoms with Crippen molar-refractivity contribution in [3.05, 3.63) is 55.7 Å². The highest BCUT2D eigenvalue weighted by molar-refractivity contribution is 9.10. The molecule has 17 heavy (non-hydrogen) atoms. The molecular weight excluding hydrogens is 308 g/mol. The zero-order valence-corrected chi connectivity index (χ0v) is 11.4. The Labute approximate surface area is 110 Å². The molecule has 1 nitrogen and oxygen atoms in total. The van der Waals surface area contributed by atoms with E-state index in [-0.39, 0.29) is 0 Å². The Morgan fingerprint density at radius 3 is 2.47 bits per heavy atom. The van der Waals surface area contributed by atoms with Crippen LogP contribution < -0.4 is 5.73 Å². The third-order valence-electron chi connectivity index (χ3n) is 2.49. The molecule has 1 aromatic carbocycles. The van der Waals surface area contributed by atoms with Crippen LogP contribution in [-0.4, -0.2) is 0 Å². The minimum Gasteiger partial charge on any atom is -0.320 e. The van der Waals surface area contributed by atoms with Crippen LogP contribution in [0.1, 0.15) is 21.4 Å². The summed E-state index contributed by atoms with van der Waals surface area (Å²) >= 11 is 4.94. The highest BCUT2D eigenvalue weighted by Crippen LogP contribution is 2.32. The Balaban J connectivity index is 2.36. The molecule has 0 bridgehead atoms. The van der Waals surface area contributed by atoms with E-state index in [0.29, 0.717) is 5.56 Å². The SMILES string of the molecule is Cc1sc(C(N)c2ccc(F)c(F)c2)cc1Br. The zero-order valence-electron chi connectivity index (χ0n) is 9.01. The van der Waals surface area contributed by atoms with Gasteiger partial charge in [-0.3, -0.25) is 0 Å². The monoisotopic (exact) mass is 317 g/mol. The van der Waals surface area contributed by atoms with E-state index >= 15 is 0 Å². The van der Waals surface area contributed by atoms with Crippen LogP contribution in [0.5, 0.6) is 0 Å². The van der Waals surface area contributed by atoms with E-state index in [1.165, 1.54) is 17.4 Å². The zero-order chi connectivity index (χ0) is 12.6. The number of nitrogens with two attached hydrogens (primary N) is 1. The van der Waals surface area contributed by atoms with Crippen LogP contribution in [0.4, 0.5) is 8.78 Å². The molecule has 0 aliphatic heterocycles. The maximum absolute atomic E-state index is 13.1. The molecule has 0 saturated heterocycles. The molecule has 1 heterocycles. The lowest BCUT2D eigenvalue weighted by atomic mass is 10.1. The summed E-state index contributed by atoms with van der Waals surface area (Å²) in [5.41, 5.74) is 6.59. The molecule has 1 aromatic heterocycles. The van der Waals surface area contributed by atoms with Crippen molar-refractivity contribution in [1.29, 1.82) is 0 Å². The standard InChI is InChI=1S/C12H10BrF2NS/c1-6-8(13)5-11(17-6)12(16)7-2-3-9(14)10(15)4-7/h2-5,12H,16H2,1H3. The smallest absolute Gasteiger partial charge is 0.159 e. The van der Waals surface area contributed by atoms with Gasteiger partial charge in [0.05, 0.1) is 6.04 Å². The highest BCUT2D eigenvalue weighted by Gasteiger charge is 2.15. The first-order valence-corrected chi connectivity index (χ1v) is 6.56. The molecule has 0 spiro atoms. The van der Waals surface area contributed by atoms with Crippen molar-refractivity contribution in [2.75, 3.05) is 0 Å². The summed E-state index contributed by atoms with van der Waals surface area (Å²) in [5, 5.41) is 0. The topological polar surface area (TPSA) is 26.0 Å². The van der Waals surface area contributed by atoms with E-state index in [1.54, 1.807) is 0 Å². The van der Waals surface area contributed by atoms with Crippen molar-refractivity contribution >= 4 is 27.3 Å². The molecule has 1 unspecified atom stereocenters. The van der Waals surface area contributed by atoms with Crippen LogP contribution in [0, 0.1) is 18.6 Å². The molecule has 0 amide bonds. The van der Waals surface area contributed by atoms with Crippen molar-refractivity contribution in [1.82, 2.24) is 0 Å². The predicted molar refractivity (Wildman–Crippen MR) is 69.1 cm³/mol. The van der Waals surface area contributed by atoms with E-state index in [4.69, 9.17) is 5.73 Å². The number of benzene rings is 1. The van der Waals surface area contributed by atoms with Gasteiger partial charge in [-0.1, -0.05) is 6.07 Å². The Morgan fingerprint density at radius 2 is 1.94 bits per heavy atom. The Bertz CT molecular complexity index is 534. The summed E-state index contributed by atoms with van der Waals surface area (Å²) in [6.45, 7) is 1.97. The minimum absolute atomic E-state index is 0.430. The van der Waals surface area contributed by atoms with Crippen LogP contribution >= 0.6 is 27.3 Å². The lowest BCUT2D eigenvalue weighted by Gasteiger charge is -2.10. The summed E-state index contributed by atoms with van der Waals surface area (Å²) in [7, 11) is 0. The quantitative estimate of drug-likeness (QED) is 0.884. The van der Waals surface area contributed by atoms with Gasteiger partial charge in [0.1, 0.15) is 0 Å². The van der Waals surface area contributed by atoms with Gasteiger partial charge in [0.25, 0.3) is 0 Å². The van der Waals surface area contributed by atoms with Crippen LogP contribution in [0.2, 0.25) is 0 Å². The summed E-state index contributed by atoms with van der Waals surface area (Å²) in [5.74, 6) is -1.73. The van der Waals surface area contributed by atoms with Crippen molar-refractivity contribution in [2.24, 2.45) is 5.73 Å². The molecule has 0 aliphatic carbocycles. The van der Waals surface area contributed by atoms with Gasteiger partial charge in [0, 0.05) is 14.2 Å². The Morgan fingerprint density at radius 1 is 1.24 bits per heavy atom. The fourth-order valence-electron chi connectivity index (χ4n) is 1.50. The molecule has 2 aromatic rings. The number of aryl methyl sites for hydroxylation is 1. The lowest BCUT2D eigenvalue weighted by Crippen LogP contribution is -2.10. The molecular formula is C12H10BrF2NS. The first kappa shape index (κ1) is 12.7. The molecule has 1 atom stereocenters. The predicted octanol–water partition coefficient (Wildman–Crippen LogP) is 4.15. The van der Waals surface area contributed by atoms with E-state index in [1.807, 2.05) is 13.0 Å². The Hall–Kier alpha value is -0.780. The molecule has 0 radical (unpaired) electrons. The molecule has 0 saturated carbocycles. The largest absolute Gasteiger partial charge is 0.320 e. The second-order valence-corrected chi connectivity index (χ2v) is 5.85. The number of halogens is 3. The van der Waals surface area contributed by atoms with Crippen LogP contribution in [-0.2, 0) is 0 Å². The van der Waals surface area contributed by atoms with Crippen molar-refractivity contribution < 1.29 is 8.78 Å². The second kappa shape index (κ2) is 4.84. The average molecular weight is 318 g/mol. The van der Waals surface area contributed by atoms with E-state index in [0.717, 1.165) is 26.4 Å². The maximum atomic E-state index is 13.1. The fraction of sp³-hybridized carbons (Fsp3) is 0.167. The molecule has 2 rings (SSSR count). The van der Waals surface area contributed by atoms with Gasteiger partial charge in [0.2, 0.25) is 0 Å². The molecule has 2 N–H and O–H groups in total. The lowest BCUT2D eigenvalue weighted by molar-refractivity contribution is 0.506. The van der Waals surface area contributed by atoms with Crippen molar-refractivity contribution in [3.63, 3.8) is 0 Å². The molecule has 0 aliphatic rings. The third kappa shape index (κ3) is 2.56. The van der Waals surface area contributed by atoms with Crippen LogP contribution in [0.3, 0.4) is 0 Å². The summed E-state index contributed by atoms with van der Waals surface area (Å²) in [6, 6.07) is 5.22. The number of hydrogen-bond donors (Lipinski definition) is 1. The number of hydrogen-bond acceptors (Lipinski definition) is 2. The first-order chi connectivity index (χ1) is 7.99. The van der Waals surface area contributed by atoms with Gasteiger partial charge in [-0.15, -0.1) is 11.3 Å². The fourth-order valence-corrected chi connectivity index (χ4v) is 3.10. The Kier molecular flexibility index (Phi) is 3.61. The summed E-state index contributed by atoms with van der Waals surface area (Å²) in [6.07, 6.45) is 0. The molecule has 0 fully saturated rings. The third-order valence-corrected chi connectivity index (χ3v) is 4.71. The van der Waals surface area contributed by atoms with Gasteiger partial charge < -0.3 is 5.73 Å². The molecule has 5 heteroatoms. The minimum atomic E-state index is -0.870. The van der Waals surface area contributed by atoms with Gasteiger partial charge >= 0.3 is 0 Å². The molecule has 90 valence electrons. The highest BCUT2D eigenvalue weighted by atomic mass is 79.9. The number of thiophene rings is 1. The average Bonchev–Trinajstić information content (AvgIpc) is 2.62. The maximum Gasteiger partial charge on any atom is 0.159 e. The summed E-state index contributed by atoms with van der Waals surface area (Å²) in [4.78, 5) is 2.03. The van der Waals surface area contributed by atoms with Crippen LogP contribution in [0.25, 0.3) is 0 Å². The van der Waals surface area contributed by atoms with Gasteiger partial charge in [-0.25, -0.2) is 8.78 Å². The second-order valence-electron chi connectivity index (χ2n) is 3.70. The van der Waals surface area contributed by atoms with Crippen molar-refractivity contribution in [2.45, 2.75) is 13.0 Å². The normalized spacial score (nSPS) is 12.8. The van der Waals surface area contributed by atoms with Gasteiger partial charge in [-0.2, -0.15) is 0 Å². The van der Waals surface area contributed by atoms with Gasteiger partial charge in [-0.05, 0) is 46.6 Å². The van der Waals surface area contributed by atoms with Crippen LogP contribution in [0.15, 0.2) is 28.7 Å². The van der Waals surface area contributed by atoms with Crippen molar-refractivity contribution in [3.8, 4) is 0 Å².